The van der Waals surface area contributed by atoms with Crippen molar-refractivity contribution in [2.45, 2.75) is 251 Å². The first-order chi connectivity index (χ1) is 27.3. The van der Waals surface area contributed by atoms with Gasteiger partial charge in [-0.05, 0) is 52.1 Å². The summed E-state index contributed by atoms with van der Waals surface area (Å²) in [5.74, 6) is -0.164. The van der Waals surface area contributed by atoms with Crippen molar-refractivity contribution in [3.05, 3.63) is 12.2 Å². The Morgan fingerprint density at radius 3 is 1.44 bits per heavy atom. The quantitative estimate of drug-likeness (QED) is 0.0272. The third-order valence-electron chi connectivity index (χ3n) is 11.3. The molecule has 334 valence electrons. The fourth-order valence-corrected chi connectivity index (χ4v) is 7.92. The molecular weight excluding hydrogens is 742 g/mol. The molecular formula is C47H94N2NaO6P. The maximum atomic E-state index is 12.9. The number of unbranched alkanes of at least 4 members (excludes halogenated alkanes) is 29. The van der Waals surface area contributed by atoms with Crippen LogP contribution in [0.2, 0.25) is 0 Å². The Labute approximate surface area is 376 Å². The van der Waals surface area contributed by atoms with Crippen molar-refractivity contribution in [1.29, 1.82) is 0 Å². The molecule has 0 fully saturated rings. The van der Waals surface area contributed by atoms with Crippen LogP contribution in [0.5, 0.6) is 0 Å². The van der Waals surface area contributed by atoms with E-state index in [9.17, 15) is 19.4 Å². The first kappa shape index (κ1) is 59.3. The Morgan fingerprint density at radius 1 is 0.632 bits per heavy atom. The third-order valence-corrected chi connectivity index (χ3v) is 12.2. The molecule has 8 nitrogen and oxygen atoms in total. The van der Waals surface area contributed by atoms with Gasteiger partial charge >= 0.3 is 29.6 Å². The summed E-state index contributed by atoms with van der Waals surface area (Å²) in [7, 11) is -2.67. The number of phosphoric acid groups is 1. The molecule has 0 aliphatic carbocycles. The molecule has 3 atom stereocenters. The van der Waals surface area contributed by atoms with E-state index < -0.39 is 20.0 Å². The maximum Gasteiger partial charge on any atom is 1.00 e. The van der Waals surface area contributed by atoms with Crippen LogP contribution in [0.4, 0.5) is 0 Å². The zero-order chi connectivity index (χ0) is 41.2. The number of allylic oxidation sites excluding steroid dienone is 2. The van der Waals surface area contributed by atoms with Crippen LogP contribution in [0.1, 0.15) is 239 Å². The van der Waals surface area contributed by atoms with Crippen molar-refractivity contribution in [3.63, 3.8) is 0 Å². The molecule has 0 aromatic carbocycles. The summed E-state index contributed by atoms with van der Waals surface area (Å²) in [5, 5.41) is 13.9. The molecule has 0 aromatic heterocycles. The molecule has 0 saturated heterocycles. The first-order valence-corrected chi connectivity index (χ1v) is 25.6. The van der Waals surface area contributed by atoms with E-state index in [1.54, 1.807) is 0 Å². The summed E-state index contributed by atoms with van der Waals surface area (Å²) in [6, 6.07) is -0.796. The molecule has 0 aliphatic heterocycles. The van der Waals surface area contributed by atoms with Crippen LogP contribution in [-0.4, -0.2) is 61.4 Å². The molecule has 0 spiro atoms. The van der Waals surface area contributed by atoms with Crippen LogP contribution in [0.25, 0.3) is 0 Å². The normalized spacial score (nSPS) is 13.9. The van der Waals surface area contributed by atoms with Gasteiger partial charge in [-0.15, -0.1) is 0 Å². The molecule has 0 rings (SSSR count). The molecule has 0 aromatic rings. The van der Waals surface area contributed by atoms with E-state index in [0.717, 1.165) is 45.1 Å². The number of carbonyl (C=O) groups is 1. The number of hydrogen-bond acceptors (Lipinski definition) is 7. The minimum Gasteiger partial charge on any atom is -0.756 e. The van der Waals surface area contributed by atoms with E-state index >= 15 is 0 Å². The number of nitrogens with zero attached hydrogens (tertiary/aromatic N) is 1. The Bertz CT molecular complexity index is 913. The van der Waals surface area contributed by atoms with Crippen molar-refractivity contribution >= 4 is 13.7 Å². The Balaban J connectivity index is 0. The molecule has 2 N–H and O–H groups in total. The van der Waals surface area contributed by atoms with E-state index in [1.165, 1.54) is 167 Å². The van der Waals surface area contributed by atoms with Gasteiger partial charge in [0.1, 0.15) is 0 Å². The van der Waals surface area contributed by atoms with Crippen LogP contribution in [0, 0.1) is 0 Å². The van der Waals surface area contributed by atoms with Gasteiger partial charge in [-0.1, -0.05) is 206 Å². The number of aliphatic hydroxyl groups is 1. The minimum atomic E-state index is -4.56. The van der Waals surface area contributed by atoms with Gasteiger partial charge in [0.25, 0.3) is 7.82 Å². The molecule has 0 radical (unpaired) electrons. The van der Waals surface area contributed by atoms with Gasteiger partial charge in [0.15, 0.2) is 0 Å². The number of phosphoric ester groups is 1. The van der Waals surface area contributed by atoms with E-state index in [-0.39, 0.29) is 48.7 Å². The molecule has 57 heavy (non-hydrogen) atoms. The molecule has 0 aliphatic rings. The number of nitrogens with one attached hydrogen (secondary N) is 1. The van der Waals surface area contributed by atoms with E-state index in [2.05, 4.69) is 31.3 Å². The summed E-state index contributed by atoms with van der Waals surface area (Å²) in [6.45, 7) is 7.44. The second-order valence-corrected chi connectivity index (χ2v) is 18.1. The maximum absolute atomic E-state index is 12.9. The Kier molecular flexibility index (Phi) is 47.6. The predicted molar refractivity (Wildman–Crippen MR) is 238 cm³/mol. The Morgan fingerprint density at radius 2 is 1.02 bits per heavy atom. The van der Waals surface area contributed by atoms with Crippen LogP contribution < -0.4 is 39.8 Å². The van der Waals surface area contributed by atoms with E-state index in [4.69, 9.17) is 9.05 Å². The summed E-state index contributed by atoms with van der Waals surface area (Å²) >= 11 is 0. The van der Waals surface area contributed by atoms with Crippen molar-refractivity contribution in [3.8, 4) is 0 Å². The smallest absolute Gasteiger partial charge is 0.756 e. The van der Waals surface area contributed by atoms with Gasteiger partial charge in [0.05, 0.1) is 25.4 Å². The molecule has 3 unspecified atom stereocenters. The second kappa shape index (κ2) is 45.8. The van der Waals surface area contributed by atoms with E-state index in [1.807, 2.05) is 18.9 Å². The molecule has 1 amide bonds. The third kappa shape index (κ3) is 44.1. The molecule has 10 heteroatoms. The van der Waals surface area contributed by atoms with Gasteiger partial charge in [-0.2, -0.15) is 0 Å². The summed E-state index contributed by atoms with van der Waals surface area (Å²) < 4.78 is 22.7. The van der Waals surface area contributed by atoms with Crippen LogP contribution in [0.3, 0.4) is 0 Å². The van der Waals surface area contributed by atoms with Crippen molar-refractivity contribution in [1.82, 2.24) is 10.2 Å². The second-order valence-electron chi connectivity index (χ2n) is 16.7. The summed E-state index contributed by atoms with van der Waals surface area (Å²) in [4.78, 5) is 27.3. The summed E-state index contributed by atoms with van der Waals surface area (Å²) in [6.07, 6.45) is 45.0. The number of likely N-dealkylation sites (N-methyl/N-ethyl adjacent to an activating group) is 1. The van der Waals surface area contributed by atoms with Gasteiger partial charge in [-0.3, -0.25) is 9.36 Å². The largest absolute Gasteiger partial charge is 1.00 e. The van der Waals surface area contributed by atoms with Gasteiger partial charge in [-0.25, -0.2) is 0 Å². The molecule has 0 heterocycles. The van der Waals surface area contributed by atoms with Crippen LogP contribution in [0.15, 0.2) is 12.2 Å². The SMILES string of the molecule is CCCCCCCC/C=C\CCCCCCCCCCCCCC(=O)NC(COP(=O)([O-])OCCN(C)CC)C(O)CCCCCCCCCCCCCCC.[Na+]. The number of rotatable bonds is 45. The predicted octanol–water partition coefficient (Wildman–Crippen LogP) is 10.1. The van der Waals surface area contributed by atoms with Crippen molar-refractivity contribution in [2.75, 3.05) is 33.4 Å². The number of amides is 1. The zero-order valence-electron chi connectivity index (χ0n) is 38.6. The van der Waals surface area contributed by atoms with Gasteiger partial charge < -0.3 is 29.3 Å². The fourth-order valence-electron chi connectivity index (χ4n) is 7.19. The standard InChI is InChI=1S/C47H95N2O6P.Na/c1-5-8-10-12-14-16-18-20-21-22-23-24-25-26-27-29-31-33-35-37-39-41-47(51)48-45(44-55-56(52,53)54-43-42-49(4)7-3)46(50)40-38-36-34-32-30-28-19-17-15-13-11-9-6-2;/h20-21,45-46,50H,5-19,22-44H2,1-4H3,(H,48,51)(H,52,53);/q;+1/p-1/b21-20-;. The summed E-state index contributed by atoms with van der Waals surface area (Å²) in [5.41, 5.74) is 0. The fraction of sp³-hybridized carbons (Fsp3) is 0.936. The molecule has 0 saturated carbocycles. The monoisotopic (exact) mass is 837 g/mol. The topological polar surface area (TPSA) is 111 Å². The van der Waals surface area contributed by atoms with Gasteiger partial charge in [0, 0.05) is 13.0 Å². The van der Waals surface area contributed by atoms with Crippen molar-refractivity contribution in [2.24, 2.45) is 0 Å². The van der Waals surface area contributed by atoms with Gasteiger partial charge in [0.2, 0.25) is 5.91 Å². The number of aliphatic hydroxyl groups excluding tert-OH is 1. The molecule has 0 bridgehead atoms. The van der Waals surface area contributed by atoms with E-state index in [0.29, 0.717) is 19.4 Å². The number of hydrogen-bond donors (Lipinski definition) is 2. The Hall–Kier alpha value is 0.240. The minimum absolute atomic E-state index is 0. The average molecular weight is 837 g/mol. The van der Waals surface area contributed by atoms with Crippen molar-refractivity contribution < 1.29 is 58.0 Å². The van der Waals surface area contributed by atoms with Crippen LogP contribution in [-0.2, 0) is 18.4 Å². The number of carbonyl (C=O) groups excluding carboxylic acids is 1. The average Bonchev–Trinajstić information content (AvgIpc) is 3.18. The van der Waals surface area contributed by atoms with Crippen LogP contribution >= 0.6 is 7.82 Å². The first-order valence-electron chi connectivity index (χ1n) is 24.2. The zero-order valence-corrected chi connectivity index (χ0v) is 41.5.